The number of benzene rings is 1. The Labute approximate surface area is 103 Å². The van der Waals surface area contributed by atoms with Crippen LogP contribution in [0.3, 0.4) is 0 Å². The van der Waals surface area contributed by atoms with E-state index in [9.17, 15) is 4.79 Å². The van der Waals surface area contributed by atoms with Crippen LogP contribution in [0.2, 0.25) is 0 Å². The van der Waals surface area contributed by atoms with Gasteiger partial charge in [0.15, 0.2) is 6.10 Å². The molecule has 0 aliphatic carbocycles. The van der Waals surface area contributed by atoms with Gasteiger partial charge in [-0.25, -0.2) is 0 Å². The van der Waals surface area contributed by atoms with E-state index in [0.717, 1.165) is 5.56 Å². The molecule has 1 aromatic carbocycles. The number of ether oxygens (including phenoxy) is 1. The smallest absolute Gasteiger partial charge is 0.303 e. The van der Waals surface area contributed by atoms with Gasteiger partial charge in [0.1, 0.15) is 0 Å². The first-order chi connectivity index (χ1) is 7.89. The molecule has 0 bridgehead atoms. The lowest BCUT2D eigenvalue weighted by Gasteiger charge is -2.25. The number of hydrogen-bond acceptors (Lipinski definition) is 2. The van der Waals surface area contributed by atoms with E-state index in [4.69, 9.17) is 4.74 Å². The van der Waals surface area contributed by atoms with E-state index in [1.54, 1.807) is 0 Å². The van der Waals surface area contributed by atoms with Crippen LogP contribution in [0.15, 0.2) is 30.3 Å². The molecular formula is C15H18O2. The van der Waals surface area contributed by atoms with Crippen LogP contribution in [-0.4, -0.2) is 12.1 Å². The number of carbonyl (C=O) groups excluding carboxylic acids is 1. The van der Waals surface area contributed by atoms with Gasteiger partial charge in [0.25, 0.3) is 0 Å². The predicted octanol–water partition coefficient (Wildman–Crippen LogP) is 3.02. The minimum absolute atomic E-state index is 0.187. The Balaban J connectivity index is 2.88. The molecule has 0 aliphatic heterocycles. The molecule has 0 unspecified atom stereocenters. The maximum absolute atomic E-state index is 11.0. The van der Waals surface area contributed by atoms with Gasteiger partial charge >= 0.3 is 5.97 Å². The number of rotatable bonds is 1. The van der Waals surface area contributed by atoms with E-state index in [0.29, 0.717) is 0 Å². The van der Waals surface area contributed by atoms with Gasteiger partial charge in [0, 0.05) is 17.9 Å². The van der Waals surface area contributed by atoms with Crippen molar-refractivity contribution in [3.63, 3.8) is 0 Å². The molecule has 0 aromatic heterocycles. The summed E-state index contributed by atoms with van der Waals surface area (Å²) >= 11 is 0. The lowest BCUT2D eigenvalue weighted by Crippen LogP contribution is -2.29. The van der Waals surface area contributed by atoms with Crippen molar-refractivity contribution in [3.05, 3.63) is 35.9 Å². The molecule has 17 heavy (non-hydrogen) atoms. The topological polar surface area (TPSA) is 26.3 Å². The second-order valence-corrected chi connectivity index (χ2v) is 4.99. The molecule has 90 valence electrons. The van der Waals surface area contributed by atoms with Gasteiger partial charge in [-0.2, -0.15) is 0 Å². The molecule has 0 fully saturated rings. The van der Waals surface area contributed by atoms with Crippen molar-refractivity contribution in [1.82, 2.24) is 0 Å². The molecule has 1 rings (SSSR count). The summed E-state index contributed by atoms with van der Waals surface area (Å²) < 4.78 is 5.22. The number of hydrogen-bond donors (Lipinski definition) is 0. The summed E-state index contributed by atoms with van der Waals surface area (Å²) in [7, 11) is 0. The largest absolute Gasteiger partial charge is 0.449 e. The number of carbonyl (C=O) groups is 1. The van der Waals surface area contributed by atoms with E-state index in [1.807, 2.05) is 51.1 Å². The van der Waals surface area contributed by atoms with Crippen molar-refractivity contribution >= 4 is 5.97 Å². The Morgan fingerprint density at radius 2 is 1.82 bits per heavy atom. The van der Waals surface area contributed by atoms with Crippen molar-refractivity contribution < 1.29 is 9.53 Å². The highest BCUT2D eigenvalue weighted by molar-refractivity contribution is 5.66. The van der Waals surface area contributed by atoms with Gasteiger partial charge in [-0.05, 0) is 12.1 Å². The molecule has 0 N–H and O–H groups in total. The predicted molar refractivity (Wildman–Crippen MR) is 68.3 cm³/mol. The maximum Gasteiger partial charge on any atom is 0.303 e. The van der Waals surface area contributed by atoms with E-state index >= 15 is 0 Å². The van der Waals surface area contributed by atoms with Crippen LogP contribution < -0.4 is 0 Å². The Morgan fingerprint density at radius 1 is 1.24 bits per heavy atom. The van der Waals surface area contributed by atoms with Crippen molar-refractivity contribution in [1.29, 1.82) is 0 Å². The van der Waals surface area contributed by atoms with Gasteiger partial charge in [0.2, 0.25) is 0 Å². The molecule has 0 amide bonds. The van der Waals surface area contributed by atoms with Crippen LogP contribution >= 0.6 is 0 Å². The quantitative estimate of drug-likeness (QED) is 0.547. The molecule has 2 nitrogen and oxygen atoms in total. The third-order valence-corrected chi connectivity index (χ3v) is 2.19. The Bertz CT molecular complexity index is 429. The standard InChI is InChI=1S/C15H18O2/c1-12(16)17-14(15(2,3)4)11-10-13-8-6-5-7-9-13/h5-9,14H,1-4H3/t14-/m0/s1. The summed E-state index contributed by atoms with van der Waals surface area (Å²) in [6.45, 7) is 7.41. The summed E-state index contributed by atoms with van der Waals surface area (Å²) in [5.74, 6) is 5.74. The first kappa shape index (κ1) is 13.3. The van der Waals surface area contributed by atoms with E-state index in [2.05, 4.69) is 11.8 Å². The third kappa shape index (κ3) is 4.74. The Kier molecular flexibility index (Phi) is 4.34. The molecule has 1 atom stereocenters. The summed E-state index contributed by atoms with van der Waals surface area (Å²) in [5, 5.41) is 0. The van der Waals surface area contributed by atoms with Gasteiger partial charge in [-0.1, -0.05) is 50.8 Å². The molecule has 0 aliphatic rings. The molecule has 1 aromatic rings. The number of esters is 1. The van der Waals surface area contributed by atoms with Crippen LogP contribution in [0.1, 0.15) is 33.3 Å². The zero-order valence-corrected chi connectivity index (χ0v) is 10.8. The summed E-state index contributed by atoms with van der Waals surface area (Å²) in [5.41, 5.74) is 0.738. The average molecular weight is 230 g/mol. The molecular weight excluding hydrogens is 212 g/mol. The first-order valence-corrected chi connectivity index (χ1v) is 5.63. The lowest BCUT2D eigenvalue weighted by molar-refractivity contribution is -0.147. The fourth-order valence-corrected chi connectivity index (χ4v) is 1.26. The van der Waals surface area contributed by atoms with Crippen LogP contribution in [0.25, 0.3) is 0 Å². The molecule has 0 saturated heterocycles. The van der Waals surface area contributed by atoms with Crippen molar-refractivity contribution in [2.45, 2.75) is 33.8 Å². The Morgan fingerprint density at radius 3 is 2.29 bits per heavy atom. The van der Waals surface area contributed by atoms with Crippen LogP contribution in [0.4, 0.5) is 0 Å². The zero-order chi connectivity index (χ0) is 12.9. The Hall–Kier alpha value is -1.75. The van der Waals surface area contributed by atoms with Crippen LogP contribution in [0, 0.1) is 17.3 Å². The van der Waals surface area contributed by atoms with Gasteiger partial charge in [0.05, 0.1) is 0 Å². The second kappa shape index (κ2) is 5.54. The molecule has 0 radical (unpaired) electrons. The van der Waals surface area contributed by atoms with Gasteiger partial charge < -0.3 is 4.74 Å². The van der Waals surface area contributed by atoms with E-state index in [1.165, 1.54) is 6.92 Å². The summed E-state index contributed by atoms with van der Waals surface area (Å²) in [6, 6.07) is 9.67. The molecule has 0 heterocycles. The van der Waals surface area contributed by atoms with E-state index < -0.39 is 0 Å². The fourth-order valence-electron chi connectivity index (χ4n) is 1.26. The molecule has 2 heteroatoms. The SMILES string of the molecule is CC(=O)O[C@@H](C#Cc1ccccc1)C(C)(C)C. The average Bonchev–Trinajstić information content (AvgIpc) is 2.23. The lowest BCUT2D eigenvalue weighted by atomic mass is 9.89. The zero-order valence-electron chi connectivity index (χ0n) is 10.8. The van der Waals surface area contributed by atoms with Crippen molar-refractivity contribution in [2.24, 2.45) is 5.41 Å². The highest BCUT2D eigenvalue weighted by Gasteiger charge is 2.25. The highest BCUT2D eigenvalue weighted by atomic mass is 16.5. The monoisotopic (exact) mass is 230 g/mol. The minimum Gasteiger partial charge on any atom is -0.449 e. The first-order valence-electron chi connectivity index (χ1n) is 5.63. The minimum atomic E-state index is -0.389. The molecule has 0 saturated carbocycles. The maximum atomic E-state index is 11.0. The highest BCUT2D eigenvalue weighted by Crippen LogP contribution is 2.21. The van der Waals surface area contributed by atoms with Crippen molar-refractivity contribution in [2.75, 3.05) is 0 Å². The normalized spacial score (nSPS) is 12.2. The van der Waals surface area contributed by atoms with Gasteiger partial charge in [-0.15, -0.1) is 0 Å². The summed E-state index contributed by atoms with van der Waals surface area (Å²) in [4.78, 5) is 11.0. The van der Waals surface area contributed by atoms with Gasteiger partial charge in [-0.3, -0.25) is 4.79 Å². The van der Waals surface area contributed by atoms with Crippen molar-refractivity contribution in [3.8, 4) is 11.8 Å². The van der Waals surface area contributed by atoms with E-state index in [-0.39, 0.29) is 17.5 Å². The third-order valence-electron chi connectivity index (χ3n) is 2.19. The fraction of sp³-hybridized carbons (Fsp3) is 0.400. The summed E-state index contributed by atoms with van der Waals surface area (Å²) in [6.07, 6.45) is -0.389. The second-order valence-electron chi connectivity index (χ2n) is 4.99. The molecule has 0 spiro atoms. The van der Waals surface area contributed by atoms with Crippen LogP contribution in [0.5, 0.6) is 0 Å². The van der Waals surface area contributed by atoms with Crippen LogP contribution in [-0.2, 0) is 9.53 Å².